The normalized spacial score (nSPS) is 15.9. The summed E-state index contributed by atoms with van der Waals surface area (Å²) in [6.07, 6.45) is 3.65. The Morgan fingerprint density at radius 1 is 1.55 bits per heavy atom. The number of aromatic hydroxyl groups is 1. The van der Waals surface area contributed by atoms with Gasteiger partial charge in [-0.2, -0.15) is 0 Å². The summed E-state index contributed by atoms with van der Waals surface area (Å²) in [5.74, 6) is 0.0298. The first-order valence-corrected chi connectivity index (χ1v) is 6.83. The van der Waals surface area contributed by atoms with Crippen molar-refractivity contribution in [3.8, 4) is 5.75 Å². The molecule has 1 atom stereocenters. The van der Waals surface area contributed by atoms with Crippen molar-refractivity contribution in [2.45, 2.75) is 51.9 Å². The Balaban J connectivity index is 1.98. The minimum absolute atomic E-state index is 0.0386. The molecule has 6 nitrogen and oxygen atoms in total. The van der Waals surface area contributed by atoms with Gasteiger partial charge in [-0.3, -0.25) is 9.78 Å². The van der Waals surface area contributed by atoms with Crippen molar-refractivity contribution in [1.82, 2.24) is 15.6 Å². The fourth-order valence-electron chi connectivity index (χ4n) is 1.92. The van der Waals surface area contributed by atoms with Gasteiger partial charge in [0, 0.05) is 29.9 Å². The molecule has 1 aliphatic carbocycles. The molecule has 0 aliphatic heterocycles. The number of nitrogens with one attached hydrogen (secondary N) is 2. The lowest BCUT2D eigenvalue weighted by Crippen LogP contribution is -2.42. The molecule has 1 heterocycles. The van der Waals surface area contributed by atoms with Crippen LogP contribution in [0.4, 0.5) is 0 Å². The van der Waals surface area contributed by atoms with Gasteiger partial charge < -0.3 is 20.8 Å². The number of hydrogen-bond acceptors (Lipinski definition) is 5. The number of hydrogen-bond donors (Lipinski definition) is 4. The number of aromatic nitrogens is 1. The zero-order chi connectivity index (χ0) is 14.7. The number of rotatable bonds is 6. The first-order valence-electron chi connectivity index (χ1n) is 6.83. The number of pyridine rings is 1. The molecule has 1 aromatic rings. The van der Waals surface area contributed by atoms with Crippen molar-refractivity contribution >= 4 is 5.91 Å². The molecule has 20 heavy (non-hydrogen) atoms. The van der Waals surface area contributed by atoms with Crippen molar-refractivity contribution in [2.24, 2.45) is 0 Å². The quantitative estimate of drug-likeness (QED) is 0.602. The summed E-state index contributed by atoms with van der Waals surface area (Å²) in [7, 11) is 0. The van der Waals surface area contributed by atoms with E-state index in [9.17, 15) is 15.0 Å². The average molecular weight is 279 g/mol. The second-order valence-corrected chi connectivity index (χ2v) is 5.24. The number of aryl methyl sites for hydroxylation is 1. The van der Waals surface area contributed by atoms with Crippen LogP contribution in [0.1, 0.15) is 36.6 Å². The van der Waals surface area contributed by atoms with E-state index in [1.54, 1.807) is 20.0 Å². The van der Waals surface area contributed by atoms with E-state index >= 15 is 0 Å². The van der Waals surface area contributed by atoms with E-state index in [2.05, 4.69) is 15.6 Å². The molecule has 1 saturated carbocycles. The van der Waals surface area contributed by atoms with Crippen LogP contribution in [0.5, 0.6) is 5.75 Å². The molecule has 2 rings (SSSR count). The van der Waals surface area contributed by atoms with Gasteiger partial charge in [-0.25, -0.2) is 0 Å². The van der Waals surface area contributed by atoms with E-state index in [1.165, 1.54) is 0 Å². The van der Waals surface area contributed by atoms with Crippen molar-refractivity contribution in [3.63, 3.8) is 0 Å². The van der Waals surface area contributed by atoms with Gasteiger partial charge in [0.25, 0.3) is 0 Å². The van der Waals surface area contributed by atoms with Gasteiger partial charge in [0.2, 0.25) is 5.91 Å². The number of aliphatic hydroxyl groups is 1. The predicted octanol–water partition coefficient (Wildman–Crippen LogP) is 0.345. The van der Waals surface area contributed by atoms with E-state index in [1.807, 2.05) is 0 Å². The maximum Gasteiger partial charge on any atom is 0.237 e. The zero-order valence-electron chi connectivity index (χ0n) is 11.8. The highest BCUT2D eigenvalue weighted by molar-refractivity contribution is 5.81. The van der Waals surface area contributed by atoms with E-state index in [4.69, 9.17) is 0 Å². The summed E-state index contributed by atoms with van der Waals surface area (Å²) in [4.78, 5) is 15.8. The van der Waals surface area contributed by atoms with Gasteiger partial charge in [-0.1, -0.05) is 0 Å². The maximum absolute atomic E-state index is 11.8. The van der Waals surface area contributed by atoms with E-state index in [0.29, 0.717) is 29.4 Å². The highest BCUT2D eigenvalue weighted by atomic mass is 16.3. The molecule has 0 bridgehead atoms. The number of nitrogens with zero attached hydrogens (tertiary/aromatic N) is 1. The topological polar surface area (TPSA) is 94.5 Å². The molecule has 110 valence electrons. The molecule has 0 saturated heterocycles. The molecule has 0 aromatic carbocycles. The van der Waals surface area contributed by atoms with Gasteiger partial charge >= 0.3 is 0 Å². The summed E-state index contributed by atoms with van der Waals surface area (Å²) in [6, 6.07) is -0.0219. The van der Waals surface area contributed by atoms with Gasteiger partial charge in [0.05, 0.1) is 18.3 Å². The van der Waals surface area contributed by atoms with Gasteiger partial charge in [-0.05, 0) is 26.7 Å². The summed E-state index contributed by atoms with van der Waals surface area (Å²) in [5, 5.41) is 25.3. The molecule has 6 heteroatoms. The summed E-state index contributed by atoms with van der Waals surface area (Å²) < 4.78 is 0. The second-order valence-electron chi connectivity index (χ2n) is 5.24. The fourth-order valence-corrected chi connectivity index (χ4v) is 1.92. The number of carbonyl (C=O) groups excluding carboxylic acids is 1. The predicted molar refractivity (Wildman–Crippen MR) is 74.0 cm³/mol. The molecule has 4 N–H and O–H groups in total. The smallest absolute Gasteiger partial charge is 0.237 e. The molecule has 1 aliphatic rings. The van der Waals surface area contributed by atoms with Crippen LogP contribution in [0.15, 0.2) is 6.20 Å². The van der Waals surface area contributed by atoms with Crippen LogP contribution in [0.2, 0.25) is 0 Å². The monoisotopic (exact) mass is 279 g/mol. The van der Waals surface area contributed by atoms with Crippen LogP contribution in [-0.2, 0) is 17.9 Å². The molecular weight excluding hydrogens is 258 g/mol. The molecule has 1 amide bonds. The lowest BCUT2D eigenvalue weighted by Gasteiger charge is -2.16. The number of carbonyl (C=O) groups is 1. The van der Waals surface area contributed by atoms with Crippen molar-refractivity contribution in [1.29, 1.82) is 0 Å². The van der Waals surface area contributed by atoms with Crippen LogP contribution < -0.4 is 10.6 Å². The molecule has 0 radical (unpaired) electrons. The van der Waals surface area contributed by atoms with Crippen LogP contribution in [0, 0.1) is 6.92 Å². The first kappa shape index (κ1) is 14.7. The fraction of sp³-hybridized carbons (Fsp3) is 0.571. The maximum atomic E-state index is 11.8. The van der Waals surface area contributed by atoms with Crippen molar-refractivity contribution in [3.05, 3.63) is 23.0 Å². The van der Waals surface area contributed by atoms with Crippen molar-refractivity contribution in [2.75, 3.05) is 0 Å². The standard InChI is InChI=1S/C14H21N3O3/c1-8-13(19)12(10(7-18)5-15-8)6-16-9(2)14(20)17-11-3-4-11/h5,9,11,16,18-19H,3-4,6-7H2,1-2H3,(H,17,20). The SMILES string of the molecule is Cc1ncc(CO)c(CNC(C)C(=O)NC2CC2)c1O. The van der Waals surface area contributed by atoms with Crippen LogP contribution in [0.25, 0.3) is 0 Å². The third-order valence-electron chi connectivity index (χ3n) is 3.50. The lowest BCUT2D eigenvalue weighted by atomic mass is 10.1. The second kappa shape index (κ2) is 6.19. The molecule has 0 spiro atoms. The Bertz CT molecular complexity index is 501. The Morgan fingerprint density at radius 3 is 2.85 bits per heavy atom. The Labute approximate surface area is 118 Å². The minimum atomic E-state index is -0.352. The number of amides is 1. The summed E-state index contributed by atoms with van der Waals surface area (Å²) >= 11 is 0. The molecule has 1 unspecified atom stereocenters. The zero-order valence-corrected chi connectivity index (χ0v) is 11.8. The highest BCUT2D eigenvalue weighted by Crippen LogP contribution is 2.23. The molecular formula is C14H21N3O3. The highest BCUT2D eigenvalue weighted by Gasteiger charge is 2.25. The van der Waals surface area contributed by atoms with E-state index < -0.39 is 0 Å². The largest absolute Gasteiger partial charge is 0.506 e. The first-order chi connectivity index (χ1) is 9.52. The Kier molecular flexibility index (Phi) is 4.57. The van der Waals surface area contributed by atoms with Crippen LogP contribution in [0.3, 0.4) is 0 Å². The van der Waals surface area contributed by atoms with E-state index in [0.717, 1.165) is 12.8 Å². The van der Waals surface area contributed by atoms with E-state index in [-0.39, 0.29) is 24.3 Å². The lowest BCUT2D eigenvalue weighted by molar-refractivity contribution is -0.122. The molecule has 1 aromatic heterocycles. The van der Waals surface area contributed by atoms with Gasteiger partial charge in [0.15, 0.2) is 0 Å². The number of aliphatic hydroxyl groups excluding tert-OH is 1. The summed E-state index contributed by atoms with van der Waals surface area (Å²) in [5.41, 5.74) is 1.66. The van der Waals surface area contributed by atoms with Crippen LogP contribution >= 0.6 is 0 Å². The van der Waals surface area contributed by atoms with Crippen molar-refractivity contribution < 1.29 is 15.0 Å². The Hall–Kier alpha value is -1.66. The minimum Gasteiger partial charge on any atom is -0.506 e. The third-order valence-corrected chi connectivity index (χ3v) is 3.50. The summed E-state index contributed by atoms with van der Waals surface area (Å²) in [6.45, 7) is 3.59. The van der Waals surface area contributed by atoms with Gasteiger partial charge in [-0.15, -0.1) is 0 Å². The molecule has 1 fully saturated rings. The Morgan fingerprint density at radius 2 is 2.25 bits per heavy atom. The third kappa shape index (κ3) is 3.46. The van der Waals surface area contributed by atoms with Crippen LogP contribution in [-0.4, -0.2) is 33.2 Å². The average Bonchev–Trinajstić information content (AvgIpc) is 3.23. The van der Waals surface area contributed by atoms with Gasteiger partial charge in [0.1, 0.15) is 5.75 Å².